The number of hydrogen-bond acceptors (Lipinski definition) is 5. The summed E-state index contributed by atoms with van der Waals surface area (Å²) in [5.74, 6) is -0.357. The molecule has 3 heterocycles. The Morgan fingerprint density at radius 2 is 2.39 bits per heavy atom. The number of ether oxygens (including phenoxy) is 1. The van der Waals surface area contributed by atoms with E-state index in [4.69, 9.17) is 15.6 Å². The van der Waals surface area contributed by atoms with Crippen LogP contribution in [-0.2, 0) is 4.74 Å². The van der Waals surface area contributed by atoms with Crippen molar-refractivity contribution in [3.05, 3.63) is 23.9 Å². The number of halogens is 1. The largest absolute Gasteiger partial charge is 0.394 e. The molecular formula is C11H13FN4O2. The molecule has 1 saturated heterocycles. The van der Waals surface area contributed by atoms with Gasteiger partial charge in [-0.05, 0) is 12.8 Å². The Balaban J connectivity index is 2.06. The predicted octanol–water partition coefficient (Wildman–Crippen LogP) is 0.663. The van der Waals surface area contributed by atoms with E-state index in [2.05, 4.69) is 10.1 Å². The lowest BCUT2D eigenvalue weighted by Gasteiger charge is -2.11. The monoisotopic (exact) mass is 252 g/mol. The van der Waals surface area contributed by atoms with Crippen LogP contribution in [0.1, 0.15) is 24.6 Å². The van der Waals surface area contributed by atoms with Crippen LogP contribution in [-0.4, -0.2) is 32.4 Å². The second kappa shape index (κ2) is 4.18. The lowest BCUT2D eigenvalue weighted by Crippen LogP contribution is -2.12. The predicted molar refractivity (Wildman–Crippen MR) is 61.3 cm³/mol. The fourth-order valence-electron chi connectivity index (χ4n) is 2.33. The van der Waals surface area contributed by atoms with Crippen LogP contribution in [0.5, 0.6) is 0 Å². The van der Waals surface area contributed by atoms with Crippen molar-refractivity contribution in [2.24, 2.45) is 0 Å². The highest BCUT2D eigenvalue weighted by Crippen LogP contribution is 2.34. The quantitative estimate of drug-likeness (QED) is 0.820. The van der Waals surface area contributed by atoms with E-state index < -0.39 is 5.82 Å². The first-order valence-electron chi connectivity index (χ1n) is 5.74. The molecule has 2 aromatic rings. The molecule has 7 heteroatoms. The Morgan fingerprint density at radius 1 is 1.56 bits per heavy atom. The van der Waals surface area contributed by atoms with Gasteiger partial charge in [0, 0.05) is 6.07 Å². The van der Waals surface area contributed by atoms with Gasteiger partial charge in [-0.3, -0.25) is 0 Å². The van der Waals surface area contributed by atoms with Gasteiger partial charge in [-0.15, -0.1) is 0 Å². The molecule has 0 aliphatic carbocycles. The summed E-state index contributed by atoms with van der Waals surface area (Å²) in [5.41, 5.74) is 6.40. The third-order valence-electron chi connectivity index (χ3n) is 3.20. The van der Waals surface area contributed by atoms with Crippen molar-refractivity contribution in [2.75, 3.05) is 12.3 Å². The number of aliphatic hydroxyl groups excluding tert-OH is 1. The van der Waals surface area contributed by atoms with E-state index in [1.54, 1.807) is 0 Å². The highest BCUT2D eigenvalue weighted by atomic mass is 19.1. The van der Waals surface area contributed by atoms with Crippen LogP contribution < -0.4 is 5.73 Å². The van der Waals surface area contributed by atoms with Crippen molar-refractivity contribution in [3.63, 3.8) is 0 Å². The van der Waals surface area contributed by atoms with Gasteiger partial charge in [0.2, 0.25) is 0 Å². The summed E-state index contributed by atoms with van der Waals surface area (Å²) in [6.45, 7) is -0.0284. The molecule has 1 fully saturated rings. The lowest BCUT2D eigenvalue weighted by atomic mass is 10.1. The molecule has 1 aliphatic rings. The van der Waals surface area contributed by atoms with E-state index in [1.807, 2.05) is 0 Å². The summed E-state index contributed by atoms with van der Waals surface area (Å²) in [4.78, 5) is 3.76. The normalized spacial score (nSPS) is 23.9. The molecule has 2 atom stereocenters. The topological polar surface area (TPSA) is 85.7 Å². The van der Waals surface area contributed by atoms with Gasteiger partial charge in [0.05, 0.1) is 18.4 Å². The molecule has 0 spiro atoms. The van der Waals surface area contributed by atoms with Gasteiger partial charge in [0.25, 0.3) is 0 Å². The number of fused-ring (bicyclic) bond motifs is 1. The first-order valence-corrected chi connectivity index (χ1v) is 5.74. The molecule has 18 heavy (non-hydrogen) atoms. The second-order valence-electron chi connectivity index (χ2n) is 4.33. The summed E-state index contributed by atoms with van der Waals surface area (Å²) in [5, 5.41) is 13.0. The van der Waals surface area contributed by atoms with Gasteiger partial charge < -0.3 is 15.6 Å². The van der Waals surface area contributed by atoms with Crippen molar-refractivity contribution in [1.29, 1.82) is 0 Å². The summed E-state index contributed by atoms with van der Waals surface area (Å²) >= 11 is 0. The Hall–Kier alpha value is -1.73. The van der Waals surface area contributed by atoms with Crippen LogP contribution in [0.15, 0.2) is 12.4 Å². The minimum Gasteiger partial charge on any atom is -0.394 e. The number of nitrogens with zero attached hydrogens (tertiary/aromatic N) is 3. The van der Waals surface area contributed by atoms with Crippen molar-refractivity contribution in [3.8, 4) is 0 Å². The van der Waals surface area contributed by atoms with E-state index in [1.165, 1.54) is 16.9 Å². The molecule has 0 amide bonds. The first-order chi connectivity index (χ1) is 8.70. The number of rotatable bonds is 2. The standard InChI is InChI=1S/C11H13FN4O2/c12-7-3-8(9-2-1-6(4-17)18-9)16-10(7)11(13)14-5-15-16/h3,5-6,9,17H,1-2,4H2,(H2,13,14,15)/t6-,9+/m0/s1. The molecule has 6 nitrogen and oxygen atoms in total. The van der Waals surface area contributed by atoms with E-state index in [9.17, 15) is 4.39 Å². The maximum Gasteiger partial charge on any atom is 0.154 e. The number of nitrogens with two attached hydrogens (primary N) is 1. The first kappa shape index (κ1) is 11.4. The third kappa shape index (κ3) is 1.63. The van der Waals surface area contributed by atoms with Crippen molar-refractivity contribution < 1.29 is 14.2 Å². The summed E-state index contributed by atoms with van der Waals surface area (Å²) in [7, 11) is 0. The number of hydrogen-bond donors (Lipinski definition) is 2. The van der Waals surface area contributed by atoms with Gasteiger partial charge in [0.1, 0.15) is 17.9 Å². The van der Waals surface area contributed by atoms with Gasteiger partial charge in [-0.1, -0.05) is 0 Å². The Bertz CT molecular complexity index is 586. The fraction of sp³-hybridized carbons (Fsp3) is 0.455. The third-order valence-corrected chi connectivity index (χ3v) is 3.20. The zero-order valence-corrected chi connectivity index (χ0v) is 9.58. The SMILES string of the molecule is Nc1ncnn2c([C@H]3CC[C@@H](CO)O3)cc(F)c12. The van der Waals surface area contributed by atoms with Crippen molar-refractivity contribution in [1.82, 2.24) is 14.6 Å². The van der Waals surface area contributed by atoms with Crippen molar-refractivity contribution in [2.45, 2.75) is 25.0 Å². The highest BCUT2D eigenvalue weighted by molar-refractivity contribution is 5.66. The van der Waals surface area contributed by atoms with Gasteiger partial charge in [0.15, 0.2) is 11.6 Å². The van der Waals surface area contributed by atoms with Crippen LogP contribution in [0.25, 0.3) is 5.52 Å². The number of aliphatic hydroxyl groups is 1. The Kier molecular flexibility index (Phi) is 2.64. The van der Waals surface area contributed by atoms with E-state index in [-0.39, 0.29) is 30.1 Å². The lowest BCUT2D eigenvalue weighted by molar-refractivity contribution is 0.00852. The second-order valence-corrected chi connectivity index (χ2v) is 4.33. The molecular weight excluding hydrogens is 239 g/mol. The molecule has 3 N–H and O–H groups in total. The Morgan fingerprint density at radius 3 is 3.11 bits per heavy atom. The van der Waals surface area contributed by atoms with Crippen LogP contribution in [0.4, 0.5) is 10.2 Å². The summed E-state index contributed by atoms with van der Waals surface area (Å²) in [6.07, 6.45) is 2.29. The smallest absolute Gasteiger partial charge is 0.154 e. The molecule has 3 rings (SSSR count). The molecule has 96 valence electrons. The number of aromatic nitrogens is 3. The van der Waals surface area contributed by atoms with E-state index >= 15 is 0 Å². The molecule has 0 bridgehead atoms. The van der Waals surface area contributed by atoms with E-state index in [0.29, 0.717) is 5.69 Å². The highest BCUT2D eigenvalue weighted by Gasteiger charge is 2.29. The minimum absolute atomic E-state index is 0.0284. The minimum atomic E-state index is -0.459. The molecule has 1 aliphatic heterocycles. The van der Waals surface area contributed by atoms with Crippen LogP contribution in [0.3, 0.4) is 0 Å². The fourth-order valence-corrected chi connectivity index (χ4v) is 2.33. The molecule has 0 aromatic carbocycles. The maximum atomic E-state index is 13.8. The van der Waals surface area contributed by atoms with Crippen LogP contribution in [0, 0.1) is 5.82 Å². The van der Waals surface area contributed by atoms with Crippen LogP contribution in [0.2, 0.25) is 0 Å². The molecule has 0 unspecified atom stereocenters. The number of anilines is 1. The zero-order chi connectivity index (χ0) is 12.7. The van der Waals surface area contributed by atoms with Gasteiger partial charge in [-0.25, -0.2) is 13.9 Å². The van der Waals surface area contributed by atoms with E-state index in [0.717, 1.165) is 12.8 Å². The summed E-state index contributed by atoms with van der Waals surface area (Å²) in [6, 6.07) is 1.37. The van der Waals surface area contributed by atoms with Gasteiger partial charge >= 0.3 is 0 Å². The zero-order valence-electron chi connectivity index (χ0n) is 9.58. The average molecular weight is 252 g/mol. The molecule has 2 aromatic heterocycles. The average Bonchev–Trinajstić information content (AvgIpc) is 2.94. The Labute approximate surface area is 102 Å². The van der Waals surface area contributed by atoms with Gasteiger partial charge in [-0.2, -0.15) is 5.10 Å². The maximum absolute atomic E-state index is 13.8. The van der Waals surface area contributed by atoms with Crippen molar-refractivity contribution >= 4 is 11.3 Å². The summed E-state index contributed by atoms with van der Waals surface area (Å²) < 4.78 is 20.9. The molecule has 0 radical (unpaired) electrons. The molecule has 0 saturated carbocycles. The van der Waals surface area contributed by atoms with Crippen LogP contribution >= 0.6 is 0 Å². The number of nitrogen functional groups attached to an aromatic ring is 1.